The molecule has 0 atom stereocenters. The monoisotopic (exact) mass is 366 g/mol. The lowest BCUT2D eigenvalue weighted by atomic mass is 10.0. The molecule has 0 amide bonds. The summed E-state index contributed by atoms with van der Waals surface area (Å²) < 4.78 is 6.30. The predicted octanol–water partition coefficient (Wildman–Crippen LogP) is 6.83. The first-order valence-corrected chi connectivity index (χ1v) is 10.2. The molecule has 0 N–H and O–H groups in total. The van der Waals surface area contributed by atoms with Crippen LogP contribution < -0.4 is 9.80 Å². The summed E-state index contributed by atoms with van der Waals surface area (Å²) in [6, 6.07) is 14.6. The minimum absolute atomic E-state index is 0.416. The molecular weight excluding hydrogens is 332 g/mol. The van der Waals surface area contributed by atoms with Gasteiger partial charge in [0.1, 0.15) is 11.2 Å². The molecule has 1 heterocycles. The SMILES string of the molecule is CC(C)N(c1cccc2oc3cccc(N(C(C)C)C(C)C)c3c12)C(C)C. The Bertz CT molecular complexity index is 830. The summed E-state index contributed by atoms with van der Waals surface area (Å²) in [5, 5.41) is 2.47. The van der Waals surface area contributed by atoms with E-state index < -0.39 is 0 Å². The summed E-state index contributed by atoms with van der Waals surface area (Å²) in [5.74, 6) is 0. The Morgan fingerprint density at radius 3 is 1.19 bits per heavy atom. The van der Waals surface area contributed by atoms with Crippen LogP contribution in [-0.4, -0.2) is 24.2 Å². The molecule has 2 aromatic carbocycles. The minimum atomic E-state index is 0.416. The fourth-order valence-corrected chi connectivity index (χ4v) is 4.57. The quantitative estimate of drug-likeness (QED) is 0.476. The van der Waals surface area contributed by atoms with Crippen molar-refractivity contribution in [3.8, 4) is 0 Å². The van der Waals surface area contributed by atoms with Crippen molar-refractivity contribution in [2.75, 3.05) is 9.80 Å². The summed E-state index contributed by atoms with van der Waals surface area (Å²) in [6.45, 7) is 18.1. The molecule has 0 saturated heterocycles. The molecule has 0 saturated carbocycles. The first-order valence-electron chi connectivity index (χ1n) is 10.2. The van der Waals surface area contributed by atoms with Crippen LogP contribution in [0.3, 0.4) is 0 Å². The molecule has 0 unspecified atom stereocenters. The molecule has 0 aliphatic rings. The number of furan rings is 1. The van der Waals surface area contributed by atoms with E-state index in [1.54, 1.807) is 0 Å². The first-order chi connectivity index (χ1) is 12.7. The highest BCUT2D eigenvalue weighted by Gasteiger charge is 2.24. The second kappa shape index (κ2) is 7.46. The van der Waals surface area contributed by atoms with Crippen molar-refractivity contribution in [2.24, 2.45) is 0 Å². The van der Waals surface area contributed by atoms with E-state index in [9.17, 15) is 0 Å². The summed E-state index contributed by atoms with van der Waals surface area (Å²) in [5.41, 5.74) is 4.45. The van der Waals surface area contributed by atoms with E-state index in [0.717, 1.165) is 11.2 Å². The molecule has 0 fully saturated rings. The number of hydrogen-bond donors (Lipinski definition) is 0. The van der Waals surface area contributed by atoms with Crippen LogP contribution in [0.25, 0.3) is 21.9 Å². The zero-order chi connectivity index (χ0) is 19.9. The molecule has 3 heteroatoms. The zero-order valence-corrected chi connectivity index (χ0v) is 18.1. The van der Waals surface area contributed by atoms with Gasteiger partial charge in [-0.25, -0.2) is 0 Å². The van der Waals surface area contributed by atoms with E-state index in [1.165, 1.54) is 22.1 Å². The van der Waals surface area contributed by atoms with Gasteiger partial charge in [-0.05, 0) is 79.7 Å². The Kier molecular flexibility index (Phi) is 5.41. The Labute approximate surface area is 163 Å². The second-order valence-corrected chi connectivity index (χ2v) is 8.59. The summed E-state index contributed by atoms with van der Waals surface area (Å²) >= 11 is 0. The van der Waals surface area contributed by atoms with Gasteiger partial charge in [0, 0.05) is 35.5 Å². The third-order valence-corrected chi connectivity index (χ3v) is 5.26. The zero-order valence-electron chi connectivity index (χ0n) is 18.1. The van der Waals surface area contributed by atoms with Crippen molar-refractivity contribution in [1.29, 1.82) is 0 Å². The van der Waals surface area contributed by atoms with Crippen LogP contribution in [0.4, 0.5) is 11.4 Å². The number of hydrogen-bond acceptors (Lipinski definition) is 3. The predicted molar refractivity (Wildman–Crippen MR) is 119 cm³/mol. The van der Waals surface area contributed by atoms with Gasteiger partial charge in [0.2, 0.25) is 0 Å². The van der Waals surface area contributed by atoms with E-state index in [-0.39, 0.29) is 0 Å². The molecule has 3 nitrogen and oxygen atoms in total. The highest BCUT2D eigenvalue weighted by Crippen LogP contribution is 2.42. The molecule has 1 aromatic heterocycles. The molecule has 0 radical (unpaired) electrons. The minimum Gasteiger partial charge on any atom is -0.456 e. The maximum absolute atomic E-state index is 6.30. The van der Waals surface area contributed by atoms with E-state index in [2.05, 4.69) is 102 Å². The average Bonchev–Trinajstić information content (AvgIpc) is 2.93. The van der Waals surface area contributed by atoms with Crippen molar-refractivity contribution in [3.63, 3.8) is 0 Å². The molecule has 146 valence electrons. The van der Waals surface area contributed by atoms with E-state index in [4.69, 9.17) is 4.42 Å². The van der Waals surface area contributed by atoms with Gasteiger partial charge in [-0.3, -0.25) is 0 Å². The van der Waals surface area contributed by atoms with Gasteiger partial charge in [0.05, 0.1) is 10.8 Å². The van der Waals surface area contributed by atoms with Crippen LogP contribution in [0.1, 0.15) is 55.4 Å². The van der Waals surface area contributed by atoms with Gasteiger partial charge in [0.15, 0.2) is 0 Å². The number of rotatable bonds is 6. The smallest absolute Gasteiger partial charge is 0.137 e. The maximum Gasteiger partial charge on any atom is 0.137 e. The molecule has 0 spiro atoms. The first kappa shape index (κ1) is 19.6. The van der Waals surface area contributed by atoms with Crippen molar-refractivity contribution in [1.82, 2.24) is 0 Å². The van der Waals surface area contributed by atoms with E-state index in [0.29, 0.717) is 24.2 Å². The molecule has 3 aromatic rings. The number of nitrogens with zero attached hydrogens (tertiary/aromatic N) is 2. The third kappa shape index (κ3) is 3.40. The highest BCUT2D eigenvalue weighted by molar-refractivity contribution is 6.17. The normalized spacial score (nSPS) is 12.3. The summed E-state index contributed by atoms with van der Waals surface area (Å²) in [4.78, 5) is 4.98. The molecule has 0 aliphatic carbocycles. The van der Waals surface area contributed by atoms with Gasteiger partial charge in [0.25, 0.3) is 0 Å². The molecule has 27 heavy (non-hydrogen) atoms. The number of anilines is 2. The third-order valence-electron chi connectivity index (χ3n) is 5.26. The van der Waals surface area contributed by atoms with Crippen LogP contribution in [0.5, 0.6) is 0 Å². The van der Waals surface area contributed by atoms with Crippen LogP contribution in [0, 0.1) is 0 Å². The fourth-order valence-electron chi connectivity index (χ4n) is 4.57. The molecule has 3 rings (SSSR count). The number of fused-ring (bicyclic) bond motifs is 3. The summed E-state index contributed by atoms with van der Waals surface area (Å²) in [7, 11) is 0. The Morgan fingerprint density at radius 2 is 0.889 bits per heavy atom. The lowest BCUT2D eigenvalue weighted by Gasteiger charge is -2.35. The van der Waals surface area contributed by atoms with Crippen molar-refractivity contribution in [2.45, 2.75) is 79.6 Å². The Balaban J connectivity index is 2.40. The van der Waals surface area contributed by atoms with Crippen molar-refractivity contribution < 1.29 is 4.42 Å². The average molecular weight is 367 g/mol. The van der Waals surface area contributed by atoms with Crippen LogP contribution >= 0.6 is 0 Å². The van der Waals surface area contributed by atoms with Crippen LogP contribution in [-0.2, 0) is 0 Å². The topological polar surface area (TPSA) is 19.6 Å². The van der Waals surface area contributed by atoms with Crippen molar-refractivity contribution in [3.05, 3.63) is 36.4 Å². The van der Waals surface area contributed by atoms with Gasteiger partial charge < -0.3 is 14.2 Å². The van der Waals surface area contributed by atoms with E-state index >= 15 is 0 Å². The molecule has 0 aliphatic heterocycles. The van der Waals surface area contributed by atoms with Crippen LogP contribution in [0.15, 0.2) is 40.8 Å². The number of benzene rings is 2. The van der Waals surface area contributed by atoms with Gasteiger partial charge in [-0.2, -0.15) is 0 Å². The lowest BCUT2D eigenvalue weighted by molar-refractivity contribution is 0.609. The second-order valence-electron chi connectivity index (χ2n) is 8.59. The van der Waals surface area contributed by atoms with Crippen LogP contribution in [0.2, 0.25) is 0 Å². The standard InChI is InChI=1S/C24H34N2O/c1-15(2)25(16(3)4)19-11-9-13-21-23(19)24-20(12-10-14-22(24)27-21)26(17(5)6)18(7)8/h9-18H,1-8H3. The molecular formula is C24H34N2O. The van der Waals surface area contributed by atoms with Gasteiger partial charge in [-0.15, -0.1) is 0 Å². The Morgan fingerprint density at radius 1 is 0.556 bits per heavy atom. The molecule has 0 bridgehead atoms. The van der Waals surface area contributed by atoms with Crippen molar-refractivity contribution >= 4 is 33.3 Å². The fraction of sp³-hybridized carbons (Fsp3) is 0.500. The lowest BCUT2D eigenvalue weighted by Crippen LogP contribution is -2.37. The summed E-state index contributed by atoms with van der Waals surface area (Å²) in [6.07, 6.45) is 0. The van der Waals surface area contributed by atoms with Gasteiger partial charge in [-0.1, -0.05) is 12.1 Å². The Hall–Kier alpha value is -2.16. The maximum atomic E-state index is 6.30. The van der Waals surface area contributed by atoms with Gasteiger partial charge >= 0.3 is 0 Å². The largest absolute Gasteiger partial charge is 0.456 e. The van der Waals surface area contributed by atoms with E-state index in [1.807, 2.05) is 0 Å². The highest BCUT2D eigenvalue weighted by atomic mass is 16.3.